The smallest absolute Gasteiger partial charge is 0.196 e. The fraction of sp³-hybridized carbons (Fsp3) is 0.247. The number of aliphatic hydroxyl groups excluding tert-OH is 3. The van der Waals surface area contributed by atoms with E-state index in [1.54, 1.807) is 43.1 Å². The van der Waals surface area contributed by atoms with Gasteiger partial charge in [-0.25, -0.2) is 40.0 Å². The van der Waals surface area contributed by atoms with Crippen LogP contribution in [-0.2, 0) is 12.8 Å². The Bertz CT molecular complexity index is 5320. The lowest BCUT2D eigenvalue weighted by molar-refractivity contribution is -0.00289. The number of thioether (sulfide) groups is 1. The number of piperidine rings is 1. The van der Waals surface area contributed by atoms with Crippen LogP contribution in [0.25, 0.3) is 49.9 Å². The molecular formula is C77H71N19O4S4. The zero-order chi connectivity index (χ0) is 70.5. The van der Waals surface area contributed by atoms with Crippen LogP contribution >= 0.6 is 46.6 Å². The van der Waals surface area contributed by atoms with Crippen molar-refractivity contribution in [2.24, 2.45) is 21.8 Å². The van der Waals surface area contributed by atoms with E-state index < -0.39 is 6.10 Å². The predicted molar refractivity (Wildman–Crippen MR) is 412 cm³/mol. The van der Waals surface area contributed by atoms with Gasteiger partial charge in [0.2, 0.25) is 0 Å². The van der Waals surface area contributed by atoms with Crippen molar-refractivity contribution in [3.63, 3.8) is 0 Å². The van der Waals surface area contributed by atoms with E-state index in [4.69, 9.17) is 34.9 Å². The monoisotopic (exact) mass is 1450 g/mol. The van der Waals surface area contributed by atoms with Gasteiger partial charge in [-0.1, -0.05) is 42.5 Å². The molecule has 3 fully saturated rings. The second-order valence-corrected chi connectivity index (χ2v) is 30.3. The molecular weight excluding hydrogens is 1380 g/mol. The molecule has 2 atom stereocenters. The molecule has 0 radical (unpaired) electrons. The molecule has 6 aliphatic heterocycles. The van der Waals surface area contributed by atoms with Gasteiger partial charge in [0, 0.05) is 171 Å². The van der Waals surface area contributed by atoms with E-state index in [0.29, 0.717) is 34.9 Å². The highest BCUT2D eigenvalue weighted by atomic mass is 32.2. The second-order valence-electron chi connectivity index (χ2n) is 26.2. The first-order valence-corrected chi connectivity index (χ1v) is 37.9. The molecule has 0 saturated carbocycles. The number of nitrogens with one attached hydrogen (secondary N) is 3. The van der Waals surface area contributed by atoms with E-state index in [1.807, 2.05) is 116 Å². The lowest BCUT2D eigenvalue weighted by Gasteiger charge is -2.38. The summed E-state index contributed by atoms with van der Waals surface area (Å²) < 4.78 is 0. The fourth-order valence-electron chi connectivity index (χ4n) is 14.7. The standard InChI is InChI=1S/C30H28N6OS2.C25H24N6OS.C22H19N7O2S/c1-31-22-6-2-5-20-21(22)16-25-27(20)29(36-12-9-18(10-13-36)28(37)26-8-4-14-38-26)35-30(34-25)39-19-15-24-23(33-17-19)7-3-11-32-24;1-26-19-5-2-4-17-18(19)11-22-23(17)24(31-9-7-15(13-31)14-32)30-25(29-22)33-16-10-21-20(28-12-16)6-3-8-27-21;1-23-16-5-2-4-14-18-20(25-19(14)16)26-22(27-21(18)28-10-12(30)11-28)32-13-8-17-15(24-9-13)6-3-7-29(17)31/h2-8,11,14-15,17-18,28,31,37H,9-10,12-13,16H2,1H3;2-6,8,10,12,15,26,32H,7,9,11,13-14H2,1H3;2-9,12,24,30-31H,10-11H2,1H3. The van der Waals surface area contributed by atoms with Gasteiger partial charge in [0.15, 0.2) is 21.3 Å². The quantitative estimate of drug-likeness (QED) is 0.0393. The largest absolute Gasteiger partial charge is 0.396 e. The summed E-state index contributed by atoms with van der Waals surface area (Å²) in [5.74, 6) is 3.87. The van der Waals surface area contributed by atoms with E-state index in [-0.39, 0.29) is 24.5 Å². The Kier molecular flexibility index (Phi) is 18.5. The van der Waals surface area contributed by atoms with Crippen LogP contribution in [0.15, 0.2) is 215 Å². The summed E-state index contributed by atoms with van der Waals surface area (Å²) in [7, 11) is 5.67. The van der Waals surface area contributed by atoms with Crippen LogP contribution in [0.5, 0.6) is 0 Å². The Hall–Kier alpha value is -10.2. The summed E-state index contributed by atoms with van der Waals surface area (Å²) in [4.78, 5) is 67.6. The molecule has 0 bridgehead atoms. The van der Waals surface area contributed by atoms with Crippen molar-refractivity contribution in [2.75, 3.05) is 92.4 Å². The average molecular weight is 1450 g/mol. The Morgan fingerprint density at radius 3 is 1.88 bits per heavy atom. The van der Waals surface area contributed by atoms with E-state index in [2.05, 4.69) is 93.1 Å². The Balaban J connectivity index is 0.000000116. The minimum absolute atomic E-state index is 0.210. The van der Waals surface area contributed by atoms with Crippen molar-refractivity contribution in [1.82, 2.24) is 60.2 Å². The number of rotatable bonds is 14. The highest BCUT2D eigenvalue weighted by molar-refractivity contribution is 8.03. The molecule has 7 N–H and O–H groups in total. The molecule has 19 rings (SSSR count). The van der Waals surface area contributed by atoms with Gasteiger partial charge >= 0.3 is 0 Å². The van der Waals surface area contributed by atoms with Crippen LogP contribution < -0.4 is 30.7 Å². The van der Waals surface area contributed by atoms with Crippen LogP contribution in [0.2, 0.25) is 0 Å². The highest BCUT2D eigenvalue weighted by Gasteiger charge is 2.38. The van der Waals surface area contributed by atoms with Gasteiger partial charge in [0.05, 0.1) is 74.0 Å². The maximum Gasteiger partial charge on any atom is 0.196 e. The van der Waals surface area contributed by atoms with Crippen molar-refractivity contribution in [1.29, 1.82) is 0 Å². The normalized spacial score (nSPS) is 18.1. The van der Waals surface area contributed by atoms with Crippen molar-refractivity contribution >= 4 is 120 Å². The van der Waals surface area contributed by atoms with Gasteiger partial charge in [-0.3, -0.25) is 30.1 Å². The number of β-amino-alcohol motifs (C(OH)–C–C–N with tert-alkyl or cyclic N) is 1. The molecule has 10 aromatic rings. The van der Waals surface area contributed by atoms with Crippen LogP contribution in [0.3, 0.4) is 0 Å². The van der Waals surface area contributed by atoms with Gasteiger partial charge in [-0.15, -0.1) is 11.3 Å². The minimum Gasteiger partial charge on any atom is -0.396 e. The first kappa shape index (κ1) is 67.0. The SMILES string of the molecule is CN=C1C=CC=C2C1=Nc1nc(SC3=CNC4=CC=CN(O)C4=C3)nc(N3CC(O)C3)c12.CNc1cccc2c1Cc1nc(Sc3cnc4cccnc4c3)nc(N3CCC(C(O)c4cccs4)CC3)c1-2.CNc1cccc2c1Cc1nc(Sc3cnc4cccnc4c3)nc(N3CCC(CO)C3)c1-2. The number of thiophene rings is 1. The zero-order valence-electron chi connectivity index (χ0n) is 57.0. The molecule has 8 aromatic heterocycles. The number of anilines is 5. The summed E-state index contributed by atoms with van der Waals surface area (Å²) in [5.41, 5.74) is 20.0. The Morgan fingerprint density at radius 2 is 1.29 bits per heavy atom. The van der Waals surface area contributed by atoms with E-state index in [1.165, 1.54) is 57.5 Å². The van der Waals surface area contributed by atoms with Gasteiger partial charge in [0.1, 0.15) is 17.5 Å². The number of allylic oxidation sites excluding steroid dienone is 7. The number of dihydropyridines is 1. The molecule has 2 aromatic carbocycles. The number of hydrogen-bond acceptors (Lipinski definition) is 27. The van der Waals surface area contributed by atoms with Crippen LogP contribution in [0, 0.1) is 11.8 Å². The number of aliphatic hydroxyl groups is 3. The Labute approximate surface area is 616 Å². The van der Waals surface area contributed by atoms with Crippen molar-refractivity contribution in [2.45, 2.75) is 69.6 Å². The van der Waals surface area contributed by atoms with Gasteiger partial charge in [0.25, 0.3) is 0 Å². The number of aromatic nitrogens is 10. The number of benzene rings is 2. The lowest BCUT2D eigenvalue weighted by atomic mass is 9.90. The van der Waals surface area contributed by atoms with Crippen LogP contribution in [0.1, 0.15) is 58.3 Å². The first-order valence-electron chi connectivity index (χ1n) is 34.6. The molecule has 3 saturated heterocycles. The molecule has 9 aliphatic rings. The van der Waals surface area contributed by atoms with E-state index in [9.17, 15) is 20.5 Å². The molecule has 104 heavy (non-hydrogen) atoms. The van der Waals surface area contributed by atoms with Crippen LogP contribution in [0.4, 0.5) is 34.6 Å². The summed E-state index contributed by atoms with van der Waals surface area (Å²) in [5, 5.41) is 55.6. The minimum atomic E-state index is -0.401. The molecule has 14 heterocycles. The van der Waals surface area contributed by atoms with Gasteiger partial charge in [-0.2, -0.15) is 0 Å². The first-order chi connectivity index (χ1) is 51.0. The van der Waals surface area contributed by atoms with Crippen molar-refractivity contribution in [3.05, 3.63) is 213 Å². The number of hydrogen-bond donors (Lipinski definition) is 7. The molecule has 23 nitrogen and oxygen atoms in total. The second kappa shape index (κ2) is 28.8. The summed E-state index contributed by atoms with van der Waals surface area (Å²) >= 11 is 6.07. The topological polar surface area (TPSA) is 284 Å². The maximum atomic E-state index is 11.0. The molecule has 27 heteroatoms. The predicted octanol–water partition coefficient (Wildman–Crippen LogP) is 12.5. The third kappa shape index (κ3) is 13.0. The molecule has 0 spiro atoms. The van der Waals surface area contributed by atoms with E-state index in [0.717, 1.165) is 190 Å². The summed E-state index contributed by atoms with van der Waals surface area (Å²) in [6.45, 7) is 4.66. The van der Waals surface area contributed by atoms with Crippen LogP contribution in [-0.4, -0.2) is 160 Å². The zero-order valence-corrected chi connectivity index (χ0v) is 60.2. The third-order valence-electron chi connectivity index (χ3n) is 19.9. The fourth-order valence-corrected chi connectivity index (χ4v) is 17.8. The Morgan fingerprint density at radius 1 is 0.663 bits per heavy atom. The number of nitrogens with zero attached hydrogens (tertiary/aromatic N) is 16. The van der Waals surface area contributed by atoms with E-state index >= 15 is 0 Å². The van der Waals surface area contributed by atoms with Crippen molar-refractivity contribution < 1.29 is 20.5 Å². The molecule has 3 aliphatic carbocycles. The van der Waals surface area contributed by atoms with Gasteiger partial charge in [-0.05, 0) is 167 Å². The highest BCUT2D eigenvalue weighted by Crippen LogP contribution is 2.50. The lowest BCUT2D eigenvalue weighted by Crippen LogP contribution is -2.51. The third-order valence-corrected chi connectivity index (χ3v) is 23.3. The number of pyridine rings is 4. The number of aliphatic imine (C=N–C) groups is 2. The summed E-state index contributed by atoms with van der Waals surface area (Å²) in [6.07, 6.45) is 25.8. The van der Waals surface area contributed by atoms with Crippen molar-refractivity contribution in [3.8, 4) is 22.3 Å². The average Bonchev–Trinajstić information content (AvgIpc) is 1.59. The molecule has 2 unspecified atom stereocenters. The van der Waals surface area contributed by atoms with Gasteiger partial charge < -0.3 is 46.0 Å². The number of fused-ring (bicyclic) bond motifs is 12. The molecule has 0 amide bonds. The number of hydroxylamine groups is 2. The summed E-state index contributed by atoms with van der Waals surface area (Å²) in [6, 6.07) is 28.6. The molecule has 522 valence electrons. The maximum absolute atomic E-state index is 11.0.